The van der Waals surface area contributed by atoms with Crippen molar-refractivity contribution in [1.82, 2.24) is 4.31 Å². The Morgan fingerprint density at radius 1 is 1.40 bits per heavy atom. The molecule has 1 heterocycles. The van der Waals surface area contributed by atoms with Gasteiger partial charge in [0.25, 0.3) is 0 Å². The van der Waals surface area contributed by atoms with Crippen LogP contribution < -0.4 is 4.90 Å². The minimum Gasteiger partial charge on any atom is -0.330 e. The lowest BCUT2D eigenvalue weighted by Crippen LogP contribution is -3.14. The zero-order valence-electron chi connectivity index (χ0n) is 11.0. The second-order valence-electron chi connectivity index (χ2n) is 4.72. The lowest BCUT2D eigenvalue weighted by atomic mass is 10.3. The predicted octanol–water partition coefficient (Wildman–Crippen LogP) is 1.18. The maximum atomic E-state index is 12.6. The van der Waals surface area contributed by atoms with E-state index >= 15 is 0 Å². The number of benzene rings is 1. The van der Waals surface area contributed by atoms with Crippen LogP contribution in [-0.4, -0.2) is 45.4 Å². The molecule has 0 radical (unpaired) electrons. The molecular formula is C13H17BrClN2O2S+. The molecule has 0 amide bonds. The molecule has 1 aromatic rings. The fourth-order valence-corrected chi connectivity index (χ4v) is 4.73. The van der Waals surface area contributed by atoms with Crippen LogP contribution in [0.3, 0.4) is 0 Å². The topological polar surface area (TPSA) is 41.8 Å². The van der Waals surface area contributed by atoms with Crippen molar-refractivity contribution in [1.29, 1.82) is 0 Å². The monoisotopic (exact) mass is 379 g/mol. The summed E-state index contributed by atoms with van der Waals surface area (Å²) in [6, 6.07) is 4.84. The third-order valence-electron chi connectivity index (χ3n) is 3.37. The summed E-state index contributed by atoms with van der Waals surface area (Å²) in [5.41, 5.74) is 0. The summed E-state index contributed by atoms with van der Waals surface area (Å²) in [5.74, 6) is 0. The van der Waals surface area contributed by atoms with Crippen LogP contribution in [0.25, 0.3) is 0 Å². The largest absolute Gasteiger partial charge is 0.330 e. The van der Waals surface area contributed by atoms with Gasteiger partial charge >= 0.3 is 0 Å². The SMILES string of the molecule is C=CC[NH+]1CCN(S(=O)(=O)c2ccc(Br)cc2Cl)CC1. The first-order chi connectivity index (χ1) is 9.45. The Balaban J connectivity index is 2.17. The smallest absolute Gasteiger partial charge is 0.244 e. The highest BCUT2D eigenvalue weighted by Crippen LogP contribution is 2.27. The Hall–Kier alpha value is -0.400. The molecule has 0 saturated carbocycles. The lowest BCUT2D eigenvalue weighted by Gasteiger charge is -2.31. The van der Waals surface area contributed by atoms with Crippen molar-refractivity contribution in [3.63, 3.8) is 0 Å². The molecule has 0 unspecified atom stereocenters. The molecule has 1 aliphatic heterocycles. The molecule has 7 heteroatoms. The van der Waals surface area contributed by atoms with Crippen LogP contribution in [0.2, 0.25) is 5.02 Å². The van der Waals surface area contributed by atoms with E-state index in [2.05, 4.69) is 22.5 Å². The van der Waals surface area contributed by atoms with Gasteiger partial charge in [0.15, 0.2) is 0 Å². The highest BCUT2D eigenvalue weighted by Gasteiger charge is 2.31. The Morgan fingerprint density at radius 2 is 2.05 bits per heavy atom. The van der Waals surface area contributed by atoms with Gasteiger partial charge in [-0.25, -0.2) is 8.42 Å². The second kappa shape index (κ2) is 6.58. The average molecular weight is 381 g/mol. The first-order valence-electron chi connectivity index (χ1n) is 6.35. The number of hydrogen-bond donors (Lipinski definition) is 1. The Kier molecular flexibility index (Phi) is 5.25. The summed E-state index contributed by atoms with van der Waals surface area (Å²) in [4.78, 5) is 1.53. The summed E-state index contributed by atoms with van der Waals surface area (Å²) in [5, 5.41) is 0.250. The fourth-order valence-electron chi connectivity index (χ4n) is 2.27. The van der Waals surface area contributed by atoms with Gasteiger partial charge in [-0.15, -0.1) is 0 Å². The normalized spacial score (nSPS) is 18.1. The van der Waals surface area contributed by atoms with Gasteiger partial charge in [0.1, 0.15) is 4.90 Å². The number of quaternary nitrogens is 1. The molecule has 0 bridgehead atoms. The van der Waals surface area contributed by atoms with Crippen LogP contribution in [0.5, 0.6) is 0 Å². The number of piperazine rings is 1. The first kappa shape index (κ1) is 16.0. The van der Waals surface area contributed by atoms with Crippen LogP contribution in [0, 0.1) is 0 Å². The third kappa shape index (κ3) is 3.43. The van der Waals surface area contributed by atoms with Crippen LogP contribution in [0.1, 0.15) is 0 Å². The average Bonchev–Trinajstić information content (AvgIpc) is 2.39. The number of nitrogens with zero attached hydrogens (tertiary/aromatic N) is 1. The van der Waals surface area contributed by atoms with Gasteiger partial charge in [0, 0.05) is 4.47 Å². The number of sulfonamides is 1. The van der Waals surface area contributed by atoms with Crippen molar-refractivity contribution in [3.8, 4) is 0 Å². The number of hydrogen-bond acceptors (Lipinski definition) is 2. The number of rotatable bonds is 4. The van der Waals surface area contributed by atoms with Gasteiger partial charge in [0.2, 0.25) is 10.0 Å². The Bertz CT molecular complexity index is 598. The van der Waals surface area contributed by atoms with Crippen molar-refractivity contribution in [2.75, 3.05) is 32.7 Å². The summed E-state index contributed by atoms with van der Waals surface area (Å²) < 4.78 is 27.4. The van der Waals surface area contributed by atoms with E-state index in [-0.39, 0.29) is 9.92 Å². The predicted molar refractivity (Wildman–Crippen MR) is 83.7 cm³/mol. The summed E-state index contributed by atoms with van der Waals surface area (Å²) in [6.07, 6.45) is 1.87. The van der Waals surface area contributed by atoms with Crippen LogP contribution in [0.4, 0.5) is 0 Å². The molecule has 0 spiro atoms. The van der Waals surface area contributed by atoms with Gasteiger partial charge in [-0.1, -0.05) is 34.1 Å². The van der Waals surface area contributed by atoms with Crippen molar-refractivity contribution in [2.24, 2.45) is 0 Å². The first-order valence-corrected chi connectivity index (χ1v) is 8.96. The van der Waals surface area contributed by atoms with Crippen LogP contribution in [0.15, 0.2) is 40.2 Å². The van der Waals surface area contributed by atoms with Gasteiger partial charge in [0.05, 0.1) is 37.7 Å². The van der Waals surface area contributed by atoms with Gasteiger partial charge < -0.3 is 4.90 Å². The fraction of sp³-hybridized carbons (Fsp3) is 0.385. The standard InChI is InChI=1S/C13H16BrClN2O2S/c1-2-5-16-6-8-17(9-7-16)20(18,19)13-4-3-11(14)10-12(13)15/h2-4,10H,1,5-9H2/p+1. The van der Waals surface area contributed by atoms with E-state index in [1.54, 1.807) is 18.2 Å². The number of halogens is 2. The van der Waals surface area contributed by atoms with Crippen molar-refractivity contribution in [3.05, 3.63) is 40.3 Å². The van der Waals surface area contributed by atoms with Crippen molar-refractivity contribution >= 4 is 37.6 Å². The molecule has 1 aromatic carbocycles. The molecule has 0 aliphatic carbocycles. The minimum atomic E-state index is -3.51. The van der Waals surface area contributed by atoms with E-state index in [9.17, 15) is 8.42 Å². The van der Waals surface area contributed by atoms with E-state index in [1.807, 2.05) is 6.08 Å². The zero-order valence-corrected chi connectivity index (χ0v) is 14.1. The highest BCUT2D eigenvalue weighted by atomic mass is 79.9. The van der Waals surface area contributed by atoms with Gasteiger partial charge in [-0.3, -0.25) is 0 Å². The summed E-state index contributed by atoms with van der Waals surface area (Å²) in [6.45, 7) is 7.19. The maximum absolute atomic E-state index is 12.6. The summed E-state index contributed by atoms with van der Waals surface area (Å²) in [7, 11) is -3.51. The van der Waals surface area contributed by atoms with E-state index < -0.39 is 10.0 Å². The maximum Gasteiger partial charge on any atom is 0.244 e. The molecular weight excluding hydrogens is 364 g/mol. The molecule has 2 rings (SSSR count). The molecule has 1 fully saturated rings. The van der Waals surface area contributed by atoms with Crippen LogP contribution in [-0.2, 0) is 10.0 Å². The van der Waals surface area contributed by atoms with Crippen molar-refractivity contribution < 1.29 is 13.3 Å². The van der Waals surface area contributed by atoms with Gasteiger partial charge in [-0.05, 0) is 24.3 Å². The molecule has 1 aliphatic rings. The molecule has 1 saturated heterocycles. The van der Waals surface area contributed by atoms with E-state index in [0.29, 0.717) is 13.1 Å². The summed E-state index contributed by atoms with van der Waals surface area (Å²) >= 11 is 9.34. The minimum absolute atomic E-state index is 0.175. The Morgan fingerprint density at radius 3 is 2.60 bits per heavy atom. The zero-order chi connectivity index (χ0) is 14.8. The van der Waals surface area contributed by atoms with E-state index in [0.717, 1.165) is 24.1 Å². The third-order valence-corrected chi connectivity index (χ3v) is 6.25. The molecule has 0 atom stereocenters. The van der Waals surface area contributed by atoms with Crippen molar-refractivity contribution in [2.45, 2.75) is 4.90 Å². The van der Waals surface area contributed by atoms with Crippen LogP contribution >= 0.6 is 27.5 Å². The molecule has 0 aromatic heterocycles. The highest BCUT2D eigenvalue weighted by molar-refractivity contribution is 9.10. The lowest BCUT2D eigenvalue weighted by molar-refractivity contribution is -0.897. The molecule has 110 valence electrons. The van der Waals surface area contributed by atoms with E-state index in [4.69, 9.17) is 11.6 Å². The second-order valence-corrected chi connectivity index (χ2v) is 7.95. The van der Waals surface area contributed by atoms with Gasteiger partial charge in [-0.2, -0.15) is 4.31 Å². The number of nitrogens with one attached hydrogen (secondary N) is 1. The molecule has 1 N–H and O–H groups in total. The Labute approximate surface area is 133 Å². The molecule has 4 nitrogen and oxygen atoms in total. The quantitative estimate of drug-likeness (QED) is 0.797. The van der Waals surface area contributed by atoms with E-state index in [1.165, 1.54) is 9.21 Å². The molecule has 20 heavy (non-hydrogen) atoms.